The minimum absolute atomic E-state index is 0.103. The van der Waals surface area contributed by atoms with Gasteiger partial charge in [-0.1, -0.05) is 13.0 Å². The van der Waals surface area contributed by atoms with Gasteiger partial charge in [-0.15, -0.1) is 0 Å². The zero-order valence-electron chi connectivity index (χ0n) is 11.2. The Morgan fingerprint density at radius 2 is 2.00 bits per heavy atom. The highest BCUT2D eigenvalue weighted by atomic mass is 16.4. The molecule has 0 radical (unpaired) electrons. The number of rotatable bonds is 2. The van der Waals surface area contributed by atoms with Crippen LogP contribution in [-0.4, -0.2) is 22.6 Å². The summed E-state index contributed by atoms with van der Waals surface area (Å²) in [6.45, 7) is 7.55. The Labute approximate surface area is 107 Å². The van der Waals surface area contributed by atoms with Crippen LogP contribution in [-0.2, 0) is 4.79 Å². The van der Waals surface area contributed by atoms with Gasteiger partial charge in [-0.25, -0.2) is 9.59 Å². The Bertz CT molecular complexity index is 416. The molecule has 18 heavy (non-hydrogen) atoms. The first-order valence-corrected chi connectivity index (χ1v) is 5.92. The molecule has 0 aromatic heterocycles. The summed E-state index contributed by atoms with van der Waals surface area (Å²) in [6, 6.07) is -0.330. The molecule has 1 aliphatic carbocycles. The third kappa shape index (κ3) is 4.61. The van der Waals surface area contributed by atoms with Crippen LogP contribution in [0, 0.1) is 5.92 Å². The molecular formula is C13H20N2O3. The number of hydrogen-bond acceptors (Lipinski definition) is 2. The van der Waals surface area contributed by atoms with Crippen molar-refractivity contribution >= 4 is 12.0 Å². The molecule has 0 bridgehead atoms. The third-order valence-electron chi connectivity index (χ3n) is 2.36. The summed E-state index contributed by atoms with van der Waals surface area (Å²) in [4.78, 5) is 22.6. The van der Waals surface area contributed by atoms with E-state index < -0.39 is 5.97 Å². The van der Waals surface area contributed by atoms with E-state index >= 15 is 0 Å². The second kappa shape index (κ2) is 5.25. The van der Waals surface area contributed by atoms with Gasteiger partial charge in [0.05, 0.1) is 0 Å². The number of amides is 2. The van der Waals surface area contributed by atoms with Gasteiger partial charge >= 0.3 is 12.0 Å². The summed E-state index contributed by atoms with van der Waals surface area (Å²) < 4.78 is 0. The van der Waals surface area contributed by atoms with Crippen molar-refractivity contribution < 1.29 is 14.7 Å². The topological polar surface area (TPSA) is 78.4 Å². The Balaban J connectivity index is 2.72. The van der Waals surface area contributed by atoms with Crippen LogP contribution in [0.2, 0.25) is 0 Å². The van der Waals surface area contributed by atoms with E-state index in [0.717, 1.165) is 0 Å². The molecule has 0 saturated carbocycles. The fourth-order valence-electron chi connectivity index (χ4n) is 1.74. The maximum atomic E-state index is 11.7. The van der Waals surface area contributed by atoms with Crippen molar-refractivity contribution in [2.75, 3.05) is 0 Å². The molecule has 0 heterocycles. The molecule has 100 valence electrons. The molecule has 1 aliphatic rings. The summed E-state index contributed by atoms with van der Waals surface area (Å²) >= 11 is 0. The molecule has 5 nitrogen and oxygen atoms in total. The average molecular weight is 252 g/mol. The monoisotopic (exact) mass is 252 g/mol. The van der Waals surface area contributed by atoms with E-state index in [1.54, 1.807) is 0 Å². The molecular weight excluding hydrogens is 232 g/mol. The van der Waals surface area contributed by atoms with Crippen LogP contribution in [0.25, 0.3) is 0 Å². The number of nitrogens with one attached hydrogen (secondary N) is 2. The van der Waals surface area contributed by atoms with Crippen molar-refractivity contribution in [3.05, 3.63) is 23.4 Å². The van der Waals surface area contributed by atoms with Crippen molar-refractivity contribution in [2.24, 2.45) is 5.92 Å². The SMILES string of the molecule is CC1C=C(NC(=O)NC(C)(C)C)C=C(C(=O)O)C1. The molecule has 0 saturated heterocycles. The summed E-state index contributed by atoms with van der Waals surface area (Å²) in [5.74, 6) is -0.837. The lowest BCUT2D eigenvalue weighted by molar-refractivity contribution is -0.132. The fourth-order valence-corrected chi connectivity index (χ4v) is 1.74. The van der Waals surface area contributed by atoms with E-state index in [4.69, 9.17) is 5.11 Å². The highest BCUT2D eigenvalue weighted by Gasteiger charge is 2.19. The number of carbonyl (C=O) groups excluding carboxylic acids is 1. The molecule has 1 atom stereocenters. The Morgan fingerprint density at radius 3 is 2.50 bits per heavy atom. The van der Waals surface area contributed by atoms with Crippen LogP contribution in [0.5, 0.6) is 0 Å². The second-order valence-corrected chi connectivity index (χ2v) is 5.61. The van der Waals surface area contributed by atoms with E-state index in [-0.39, 0.29) is 17.5 Å². The van der Waals surface area contributed by atoms with Crippen molar-refractivity contribution in [3.63, 3.8) is 0 Å². The molecule has 5 heteroatoms. The van der Waals surface area contributed by atoms with Gasteiger partial charge in [0.1, 0.15) is 0 Å². The van der Waals surface area contributed by atoms with E-state index in [1.165, 1.54) is 6.08 Å². The quantitative estimate of drug-likeness (QED) is 0.703. The number of urea groups is 1. The van der Waals surface area contributed by atoms with Crippen LogP contribution in [0.3, 0.4) is 0 Å². The van der Waals surface area contributed by atoms with Crippen LogP contribution in [0.4, 0.5) is 4.79 Å². The Hall–Kier alpha value is -1.78. The molecule has 0 aromatic rings. The minimum atomic E-state index is -0.939. The van der Waals surface area contributed by atoms with Gasteiger partial charge in [0, 0.05) is 16.8 Å². The Morgan fingerprint density at radius 1 is 1.39 bits per heavy atom. The average Bonchev–Trinajstić information content (AvgIpc) is 2.12. The number of hydrogen-bond donors (Lipinski definition) is 3. The van der Waals surface area contributed by atoms with Crippen molar-refractivity contribution in [1.82, 2.24) is 10.6 Å². The number of aliphatic carboxylic acids is 1. The van der Waals surface area contributed by atoms with Crippen molar-refractivity contribution in [2.45, 2.75) is 39.7 Å². The molecule has 1 unspecified atom stereocenters. The smallest absolute Gasteiger partial charge is 0.331 e. The lowest BCUT2D eigenvalue weighted by Crippen LogP contribution is -2.46. The first kappa shape index (κ1) is 14.3. The molecule has 0 aromatic carbocycles. The maximum Gasteiger partial charge on any atom is 0.331 e. The normalized spacial score (nSPS) is 19.7. The van der Waals surface area contributed by atoms with E-state index in [9.17, 15) is 9.59 Å². The molecule has 3 N–H and O–H groups in total. The minimum Gasteiger partial charge on any atom is -0.478 e. The third-order valence-corrected chi connectivity index (χ3v) is 2.36. The zero-order valence-corrected chi connectivity index (χ0v) is 11.2. The van der Waals surface area contributed by atoms with E-state index in [2.05, 4.69) is 10.6 Å². The maximum absolute atomic E-state index is 11.7. The van der Waals surface area contributed by atoms with Gasteiger partial charge < -0.3 is 15.7 Å². The van der Waals surface area contributed by atoms with E-state index in [0.29, 0.717) is 17.7 Å². The van der Waals surface area contributed by atoms with Gasteiger partial charge in [0.2, 0.25) is 0 Å². The van der Waals surface area contributed by atoms with Gasteiger partial charge in [0.15, 0.2) is 0 Å². The highest BCUT2D eigenvalue weighted by Crippen LogP contribution is 2.21. The van der Waals surface area contributed by atoms with Crippen molar-refractivity contribution in [3.8, 4) is 0 Å². The van der Waals surface area contributed by atoms with Gasteiger partial charge in [0.25, 0.3) is 0 Å². The first-order chi connectivity index (χ1) is 8.17. The standard InChI is InChI=1S/C13H20N2O3/c1-8-5-9(11(16)17)7-10(6-8)14-12(18)15-13(2,3)4/h6-8H,5H2,1-4H3,(H,16,17)(H2,14,15,18). The zero-order chi connectivity index (χ0) is 13.9. The molecule has 0 aliphatic heterocycles. The lowest BCUT2D eigenvalue weighted by atomic mass is 9.94. The van der Waals surface area contributed by atoms with Gasteiger partial charge in [-0.2, -0.15) is 0 Å². The van der Waals surface area contributed by atoms with Crippen LogP contribution < -0.4 is 10.6 Å². The molecule has 0 spiro atoms. The van der Waals surface area contributed by atoms with E-state index in [1.807, 2.05) is 33.8 Å². The predicted molar refractivity (Wildman–Crippen MR) is 69.0 cm³/mol. The lowest BCUT2D eigenvalue weighted by Gasteiger charge is -2.22. The van der Waals surface area contributed by atoms with Crippen molar-refractivity contribution in [1.29, 1.82) is 0 Å². The molecule has 2 amide bonds. The van der Waals surface area contributed by atoms with Crippen LogP contribution in [0.15, 0.2) is 23.4 Å². The second-order valence-electron chi connectivity index (χ2n) is 5.61. The summed E-state index contributed by atoms with van der Waals surface area (Å²) in [5, 5.41) is 14.4. The summed E-state index contributed by atoms with van der Waals surface area (Å²) in [5.41, 5.74) is 0.522. The van der Waals surface area contributed by atoms with Gasteiger partial charge in [-0.05, 0) is 39.2 Å². The molecule has 0 fully saturated rings. The number of carboxylic acids is 1. The van der Waals surface area contributed by atoms with Gasteiger partial charge in [-0.3, -0.25) is 0 Å². The first-order valence-electron chi connectivity index (χ1n) is 5.92. The number of carbonyl (C=O) groups is 2. The van der Waals surface area contributed by atoms with Crippen LogP contribution in [0.1, 0.15) is 34.1 Å². The highest BCUT2D eigenvalue weighted by molar-refractivity contribution is 5.88. The number of allylic oxidation sites excluding steroid dienone is 2. The number of carboxylic acid groups (broad SMARTS) is 1. The van der Waals surface area contributed by atoms with Crippen LogP contribution >= 0.6 is 0 Å². The predicted octanol–water partition coefficient (Wildman–Crippen LogP) is 2.02. The fraction of sp³-hybridized carbons (Fsp3) is 0.538. The summed E-state index contributed by atoms with van der Waals surface area (Å²) in [6.07, 6.45) is 3.85. The largest absolute Gasteiger partial charge is 0.478 e. The molecule has 1 rings (SSSR count). The summed E-state index contributed by atoms with van der Waals surface area (Å²) in [7, 11) is 0. The Kier molecular flexibility index (Phi) is 4.16.